The number of nitrogens with zero attached hydrogens (tertiary/aromatic N) is 2. The Kier molecular flexibility index (Phi) is 5.33. The van der Waals surface area contributed by atoms with E-state index in [1.807, 2.05) is 22.6 Å². The lowest BCUT2D eigenvalue weighted by atomic mass is 10.2. The molecule has 1 saturated heterocycles. The third-order valence-electron chi connectivity index (χ3n) is 4.14. The van der Waals surface area contributed by atoms with Gasteiger partial charge in [0, 0.05) is 41.0 Å². The fourth-order valence-electron chi connectivity index (χ4n) is 2.84. The molecule has 0 radical (unpaired) electrons. The van der Waals surface area contributed by atoms with Gasteiger partial charge in [-0.2, -0.15) is 0 Å². The molecule has 0 spiro atoms. The first kappa shape index (κ1) is 17.1. The van der Waals surface area contributed by atoms with Crippen molar-refractivity contribution in [3.63, 3.8) is 0 Å². The number of carbonyl (C=O) groups excluding carboxylic acids is 1. The molecule has 1 aliphatic rings. The van der Waals surface area contributed by atoms with Crippen molar-refractivity contribution in [1.82, 2.24) is 4.90 Å². The van der Waals surface area contributed by atoms with E-state index in [1.165, 1.54) is 18.2 Å². The Bertz CT molecular complexity index is 736. The van der Waals surface area contributed by atoms with Crippen molar-refractivity contribution in [1.29, 1.82) is 0 Å². The number of amides is 1. The van der Waals surface area contributed by atoms with Crippen molar-refractivity contribution in [3.05, 3.63) is 63.2 Å². The van der Waals surface area contributed by atoms with Gasteiger partial charge in [0.25, 0.3) is 5.91 Å². The van der Waals surface area contributed by atoms with Crippen LogP contribution in [0.2, 0.25) is 0 Å². The fraction of sp³-hybridized carbons (Fsp3) is 0.278. The molecule has 0 unspecified atom stereocenters. The van der Waals surface area contributed by atoms with Gasteiger partial charge in [0.05, 0.1) is 0 Å². The van der Waals surface area contributed by atoms with Crippen LogP contribution < -0.4 is 4.90 Å². The zero-order chi connectivity index (χ0) is 17.1. The number of anilines is 1. The summed E-state index contributed by atoms with van der Waals surface area (Å²) in [6.07, 6.45) is 0.815. The Morgan fingerprint density at radius 2 is 1.71 bits per heavy atom. The average Bonchev–Trinajstić information content (AvgIpc) is 2.83. The average molecular weight is 442 g/mol. The highest BCUT2D eigenvalue weighted by atomic mass is 127. The lowest BCUT2D eigenvalue weighted by Crippen LogP contribution is -2.35. The number of hydrogen-bond acceptors (Lipinski definition) is 2. The molecule has 1 heterocycles. The molecule has 0 atom stereocenters. The van der Waals surface area contributed by atoms with Crippen molar-refractivity contribution >= 4 is 34.2 Å². The van der Waals surface area contributed by atoms with Crippen LogP contribution in [0.4, 0.5) is 14.5 Å². The van der Waals surface area contributed by atoms with Gasteiger partial charge in [0.15, 0.2) is 0 Å². The van der Waals surface area contributed by atoms with Gasteiger partial charge in [-0.15, -0.1) is 0 Å². The second-order valence-corrected chi connectivity index (χ2v) is 6.90. The molecular formula is C18H17F2IN2O. The fourth-order valence-corrected chi connectivity index (χ4v) is 3.18. The Labute approximate surface area is 153 Å². The molecule has 0 aromatic heterocycles. The summed E-state index contributed by atoms with van der Waals surface area (Å²) < 4.78 is 27.2. The molecular weight excluding hydrogens is 425 g/mol. The maximum absolute atomic E-state index is 13.7. The number of rotatable bonds is 2. The van der Waals surface area contributed by atoms with Gasteiger partial charge in [-0.3, -0.25) is 4.79 Å². The minimum Gasteiger partial charge on any atom is -0.370 e. The standard InChI is InChI=1S/C18H17F2IN2O/c19-14-3-5-15(6-4-14)22-8-1-9-23(11-10-22)18(24)13-2-7-17(21)16(20)12-13/h2-7,12H,1,8-11H2. The van der Waals surface area contributed by atoms with E-state index in [0.29, 0.717) is 28.8 Å². The summed E-state index contributed by atoms with van der Waals surface area (Å²) in [7, 11) is 0. The monoisotopic (exact) mass is 442 g/mol. The van der Waals surface area contributed by atoms with E-state index in [4.69, 9.17) is 0 Å². The van der Waals surface area contributed by atoms with Gasteiger partial charge < -0.3 is 9.80 Å². The highest BCUT2D eigenvalue weighted by molar-refractivity contribution is 14.1. The number of hydrogen-bond donors (Lipinski definition) is 0. The molecule has 3 nitrogen and oxygen atoms in total. The van der Waals surface area contributed by atoms with Crippen molar-refractivity contribution in [2.75, 3.05) is 31.1 Å². The SMILES string of the molecule is O=C(c1ccc(I)c(F)c1)N1CCCN(c2ccc(F)cc2)CC1. The topological polar surface area (TPSA) is 23.6 Å². The van der Waals surface area contributed by atoms with Crippen molar-refractivity contribution in [2.45, 2.75) is 6.42 Å². The predicted molar refractivity (Wildman–Crippen MR) is 98.3 cm³/mol. The molecule has 0 saturated carbocycles. The van der Waals surface area contributed by atoms with Crippen LogP contribution in [0, 0.1) is 15.2 Å². The summed E-state index contributed by atoms with van der Waals surface area (Å²) in [4.78, 5) is 16.5. The summed E-state index contributed by atoms with van der Waals surface area (Å²) >= 11 is 1.90. The summed E-state index contributed by atoms with van der Waals surface area (Å²) in [6, 6.07) is 11.0. The van der Waals surface area contributed by atoms with E-state index in [9.17, 15) is 13.6 Å². The molecule has 0 N–H and O–H groups in total. The van der Waals surface area contributed by atoms with Gasteiger partial charge in [-0.1, -0.05) is 0 Å². The first-order valence-corrected chi connectivity index (χ1v) is 8.87. The second-order valence-electron chi connectivity index (χ2n) is 5.74. The summed E-state index contributed by atoms with van der Waals surface area (Å²) in [6.45, 7) is 2.66. The molecule has 2 aromatic rings. The molecule has 1 aliphatic heterocycles. The van der Waals surface area contributed by atoms with E-state index in [1.54, 1.807) is 29.2 Å². The van der Waals surface area contributed by atoms with E-state index in [-0.39, 0.29) is 17.5 Å². The third-order valence-corrected chi connectivity index (χ3v) is 5.02. The van der Waals surface area contributed by atoms with Gasteiger partial charge >= 0.3 is 0 Å². The maximum Gasteiger partial charge on any atom is 0.254 e. The first-order valence-electron chi connectivity index (χ1n) is 7.79. The van der Waals surface area contributed by atoms with Crippen LogP contribution in [0.25, 0.3) is 0 Å². The maximum atomic E-state index is 13.7. The minimum atomic E-state index is -0.371. The van der Waals surface area contributed by atoms with E-state index < -0.39 is 0 Å². The lowest BCUT2D eigenvalue weighted by molar-refractivity contribution is 0.0766. The van der Waals surface area contributed by atoms with Crippen LogP contribution in [0.5, 0.6) is 0 Å². The van der Waals surface area contributed by atoms with Crippen molar-refractivity contribution in [2.24, 2.45) is 0 Å². The van der Waals surface area contributed by atoms with Crippen LogP contribution in [0.3, 0.4) is 0 Å². The molecule has 0 aliphatic carbocycles. The van der Waals surface area contributed by atoms with Crippen LogP contribution >= 0.6 is 22.6 Å². The van der Waals surface area contributed by atoms with E-state index in [0.717, 1.165) is 18.7 Å². The largest absolute Gasteiger partial charge is 0.370 e. The van der Waals surface area contributed by atoms with E-state index >= 15 is 0 Å². The molecule has 24 heavy (non-hydrogen) atoms. The summed E-state index contributed by atoms with van der Waals surface area (Å²) in [5.74, 6) is -0.776. The first-order chi connectivity index (χ1) is 11.5. The van der Waals surface area contributed by atoms with Crippen LogP contribution in [-0.4, -0.2) is 37.0 Å². The molecule has 6 heteroatoms. The van der Waals surface area contributed by atoms with Crippen LogP contribution in [0.1, 0.15) is 16.8 Å². The Balaban J connectivity index is 1.69. The van der Waals surface area contributed by atoms with Gasteiger partial charge in [0.1, 0.15) is 11.6 Å². The van der Waals surface area contributed by atoms with Gasteiger partial charge in [0.2, 0.25) is 0 Å². The number of benzene rings is 2. The lowest BCUT2D eigenvalue weighted by Gasteiger charge is -2.23. The molecule has 1 fully saturated rings. The molecule has 126 valence electrons. The smallest absolute Gasteiger partial charge is 0.254 e. The highest BCUT2D eigenvalue weighted by Gasteiger charge is 2.21. The van der Waals surface area contributed by atoms with Gasteiger partial charge in [-0.25, -0.2) is 8.78 Å². The summed E-state index contributed by atoms with van der Waals surface area (Å²) in [5, 5.41) is 0. The second kappa shape index (κ2) is 7.46. The third kappa shape index (κ3) is 3.85. The number of carbonyl (C=O) groups is 1. The van der Waals surface area contributed by atoms with Crippen LogP contribution in [0.15, 0.2) is 42.5 Å². The Hall–Kier alpha value is -1.70. The number of halogens is 3. The zero-order valence-electron chi connectivity index (χ0n) is 13.0. The molecule has 1 amide bonds. The Morgan fingerprint density at radius 3 is 2.42 bits per heavy atom. The normalized spacial score (nSPS) is 15.3. The van der Waals surface area contributed by atoms with Gasteiger partial charge in [-0.05, 0) is 71.5 Å². The van der Waals surface area contributed by atoms with Crippen LogP contribution in [-0.2, 0) is 0 Å². The van der Waals surface area contributed by atoms with Crippen molar-refractivity contribution < 1.29 is 13.6 Å². The van der Waals surface area contributed by atoms with E-state index in [2.05, 4.69) is 4.90 Å². The minimum absolute atomic E-state index is 0.147. The molecule has 0 bridgehead atoms. The summed E-state index contributed by atoms with van der Waals surface area (Å²) in [5.41, 5.74) is 1.33. The van der Waals surface area contributed by atoms with Crippen molar-refractivity contribution in [3.8, 4) is 0 Å². The molecule has 3 rings (SSSR count). The quantitative estimate of drug-likeness (QED) is 0.659. The predicted octanol–water partition coefficient (Wildman–Crippen LogP) is 3.92. The molecule has 2 aromatic carbocycles. The highest BCUT2D eigenvalue weighted by Crippen LogP contribution is 2.19. The Morgan fingerprint density at radius 1 is 0.958 bits per heavy atom. The zero-order valence-corrected chi connectivity index (χ0v) is 15.2.